The van der Waals surface area contributed by atoms with Crippen LogP contribution in [0.3, 0.4) is 0 Å². The molecule has 0 saturated carbocycles. The van der Waals surface area contributed by atoms with Gasteiger partial charge in [0.15, 0.2) is 0 Å². The molecule has 0 fully saturated rings. The van der Waals surface area contributed by atoms with Gasteiger partial charge in [0.25, 0.3) is 0 Å². The Morgan fingerprint density at radius 3 is 2.26 bits per heavy atom. The van der Waals surface area contributed by atoms with E-state index in [1.807, 2.05) is 73.6 Å². The van der Waals surface area contributed by atoms with Gasteiger partial charge in [-0.25, -0.2) is 13.1 Å². The molecule has 0 aliphatic heterocycles. The second-order valence-electron chi connectivity index (χ2n) is 6.71. The van der Waals surface area contributed by atoms with Crippen LogP contribution in [0.1, 0.15) is 5.56 Å². The minimum Gasteiger partial charge on any atom is -0.395 e. The molecule has 0 heterocycles. The third-order valence-corrected chi connectivity index (χ3v) is 6.08. The second kappa shape index (κ2) is 8.08. The van der Waals surface area contributed by atoms with Gasteiger partial charge in [-0.1, -0.05) is 54.6 Å². The van der Waals surface area contributed by atoms with Crippen molar-refractivity contribution in [3.63, 3.8) is 0 Å². The van der Waals surface area contributed by atoms with E-state index >= 15 is 0 Å². The zero-order valence-corrected chi connectivity index (χ0v) is 16.3. The summed E-state index contributed by atoms with van der Waals surface area (Å²) < 4.78 is 28.8. The summed E-state index contributed by atoms with van der Waals surface area (Å²) >= 11 is 0. The molecule has 0 bridgehead atoms. The van der Waals surface area contributed by atoms with Gasteiger partial charge < -0.3 is 10.0 Å². The lowest BCUT2D eigenvalue weighted by Gasteiger charge is -2.19. The van der Waals surface area contributed by atoms with Crippen molar-refractivity contribution in [2.45, 2.75) is 17.4 Å². The van der Waals surface area contributed by atoms with Crippen molar-refractivity contribution in [2.75, 3.05) is 25.6 Å². The van der Waals surface area contributed by atoms with E-state index < -0.39 is 16.1 Å². The average molecular weight is 385 g/mol. The van der Waals surface area contributed by atoms with E-state index in [1.54, 1.807) is 12.1 Å². The number of aliphatic hydroxyl groups excluding tert-OH is 1. The van der Waals surface area contributed by atoms with Crippen molar-refractivity contribution in [3.8, 4) is 0 Å². The van der Waals surface area contributed by atoms with Crippen LogP contribution in [0.15, 0.2) is 71.6 Å². The number of nitrogens with one attached hydrogen (secondary N) is 1. The monoisotopic (exact) mass is 384 g/mol. The minimum absolute atomic E-state index is 0.218. The first kappa shape index (κ1) is 19.4. The molecule has 142 valence electrons. The number of fused-ring (bicyclic) bond motifs is 1. The summed E-state index contributed by atoms with van der Waals surface area (Å²) in [4.78, 5) is 2.17. The van der Waals surface area contributed by atoms with E-state index in [0.29, 0.717) is 11.8 Å². The smallest absolute Gasteiger partial charge is 0.241 e. The number of nitrogens with zero attached hydrogens (tertiary/aromatic N) is 1. The maximum atomic E-state index is 13.1. The van der Waals surface area contributed by atoms with Gasteiger partial charge in [0.05, 0.1) is 11.5 Å². The van der Waals surface area contributed by atoms with Crippen LogP contribution in [-0.2, 0) is 16.4 Å². The molecule has 0 aliphatic rings. The van der Waals surface area contributed by atoms with Crippen LogP contribution in [0.4, 0.5) is 5.69 Å². The number of sulfonamides is 1. The molecule has 3 rings (SSSR count). The predicted octanol–water partition coefficient (Wildman–Crippen LogP) is 2.79. The van der Waals surface area contributed by atoms with Crippen LogP contribution >= 0.6 is 0 Å². The minimum atomic E-state index is -3.79. The van der Waals surface area contributed by atoms with Crippen molar-refractivity contribution in [3.05, 3.63) is 72.3 Å². The zero-order valence-electron chi connectivity index (χ0n) is 15.5. The molecule has 0 unspecified atom stereocenters. The van der Waals surface area contributed by atoms with Gasteiger partial charge >= 0.3 is 0 Å². The summed E-state index contributed by atoms with van der Waals surface area (Å²) in [7, 11) is 0.0636. The van der Waals surface area contributed by atoms with Crippen LogP contribution in [0.5, 0.6) is 0 Å². The molecule has 0 aliphatic carbocycles. The van der Waals surface area contributed by atoms with Gasteiger partial charge in [0.1, 0.15) is 0 Å². The Morgan fingerprint density at radius 2 is 1.59 bits per heavy atom. The molecule has 0 radical (unpaired) electrons. The molecule has 3 aromatic carbocycles. The highest BCUT2D eigenvalue weighted by atomic mass is 32.2. The van der Waals surface area contributed by atoms with Gasteiger partial charge in [-0.05, 0) is 24.1 Å². The molecule has 6 heteroatoms. The topological polar surface area (TPSA) is 69.6 Å². The van der Waals surface area contributed by atoms with Crippen molar-refractivity contribution < 1.29 is 13.5 Å². The van der Waals surface area contributed by atoms with Crippen molar-refractivity contribution in [1.29, 1.82) is 0 Å². The fraction of sp³-hybridized carbons (Fsp3) is 0.238. The molecule has 2 N–H and O–H groups in total. The lowest BCUT2D eigenvalue weighted by molar-refractivity contribution is 0.256. The first-order valence-electron chi connectivity index (χ1n) is 8.78. The summed E-state index contributed by atoms with van der Waals surface area (Å²) in [6.07, 6.45) is 0.421. The highest BCUT2D eigenvalue weighted by molar-refractivity contribution is 7.89. The standard InChI is InChI=1S/C21H24N2O3S/c1-23(2)20-12-6-11-19-18(20)10-7-13-21(19)27(25,26)22-17(15-24)14-16-8-4-3-5-9-16/h3-13,17,22,24H,14-15H2,1-2H3/t17-/m0/s1. The Morgan fingerprint density at radius 1 is 0.926 bits per heavy atom. The van der Waals surface area contributed by atoms with E-state index in [9.17, 15) is 13.5 Å². The van der Waals surface area contributed by atoms with Gasteiger partial charge in [0, 0.05) is 36.6 Å². The van der Waals surface area contributed by atoms with Gasteiger partial charge in [0.2, 0.25) is 10.0 Å². The van der Waals surface area contributed by atoms with E-state index in [2.05, 4.69) is 4.72 Å². The Kier molecular flexibility index (Phi) is 5.79. The SMILES string of the molecule is CN(C)c1cccc2c(S(=O)(=O)N[C@H](CO)Cc3ccccc3)cccc12. The van der Waals surface area contributed by atoms with Crippen LogP contribution < -0.4 is 9.62 Å². The number of rotatable bonds is 7. The van der Waals surface area contributed by atoms with Crippen LogP contribution in [0.2, 0.25) is 0 Å². The van der Waals surface area contributed by atoms with E-state index in [4.69, 9.17) is 0 Å². The highest BCUT2D eigenvalue weighted by Gasteiger charge is 2.22. The van der Waals surface area contributed by atoms with E-state index in [-0.39, 0.29) is 11.5 Å². The predicted molar refractivity (Wildman–Crippen MR) is 110 cm³/mol. The highest BCUT2D eigenvalue weighted by Crippen LogP contribution is 2.30. The molecule has 0 spiro atoms. The number of benzene rings is 3. The van der Waals surface area contributed by atoms with Crippen molar-refractivity contribution in [2.24, 2.45) is 0 Å². The number of hydrogen-bond acceptors (Lipinski definition) is 4. The Balaban J connectivity index is 1.96. The van der Waals surface area contributed by atoms with Gasteiger partial charge in [-0.2, -0.15) is 0 Å². The summed E-state index contributed by atoms with van der Waals surface area (Å²) in [5.74, 6) is 0. The molecular formula is C21H24N2O3S. The normalized spacial score (nSPS) is 12.9. The van der Waals surface area contributed by atoms with Gasteiger partial charge in [-0.3, -0.25) is 0 Å². The van der Waals surface area contributed by atoms with Crippen molar-refractivity contribution in [1.82, 2.24) is 4.72 Å². The van der Waals surface area contributed by atoms with Crippen LogP contribution in [-0.4, -0.2) is 40.3 Å². The number of hydrogen-bond donors (Lipinski definition) is 2. The largest absolute Gasteiger partial charge is 0.395 e. The zero-order chi connectivity index (χ0) is 19.4. The molecular weight excluding hydrogens is 360 g/mol. The molecule has 27 heavy (non-hydrogen) atoms. The maximum Gasteiger partial charge on any atom is 0.241 e. The molecule has 0 aromatic heterocycles. The first-order valence-corrected chi connectivity index (χ1v) is 10.3. The number of aliphatic hydroxyl groups is 1. The molecule has 0 saturated heterocycles. The molecule has 0 amide bonds. The van der Waals surface area contributed by atoms with Crippen LogP contribution in [0.25, 0.3) is 10.8 Å². The number of anilines is 1. The third kappa shape index (κ3) is 4.30. The van der Waals surface area contributed by atoms with E-state index in [1.165, 1.54) is 0 Å². The summed E-state index contributed by atoms with van der Waals surface area (Å²) in [5, 5.41) is 11.2. The Hall–Kier alpha value is -2.41. The Bertz CT molecular complexity index is 1020. The van der Waals surface area contributed by atoms with E-state index in [0.717, 1.165) is 16.6 Å². The fourth-order valence-electron chi connectivity index (χ4n) is 3.21. The quantitative estimate of drug-likeness (QED) is 0.657. The summed E-state index contributed by atoms with van der Waals surface area (Å²) in [6.45, 7) is -0.276. The summed E-state index contributed by atoms with van der Waals surface area (Å²) in [5.41, 5.74) is 1.92. The Labute approximate surface area is 160 Å². The van der Waals surface area contributed by atoms with Crippen molar-refractivity contribution >= 4 is 26.5 Å². The lowest BCUT2D eigenvalue weighted by Crippen LogP contribution is -2.39. The molecule has 5 nitrogen and oxygen atoms in total. The van der Waals surface area contributed by atoms with Gasteiger partial charge in [-0.15, -0.1) is 0 Å². The summed E-state index contributed by atoms with van der Waals surface area (Å²) in [6, 6.07) is 19.8. The lowest BCUT2D eigenvalue weighted by atomic mass is 10.1. The average Bonchev–Trinajstić information content (AvgIpc) is 2.67. The third-order valence-electron chi connectivity index (χ3n) is 4.50. The fourth-order valence-corrected chi connectivity index (χ4v) is 4.66. The maximum absolute atomic E-state index is 13.1. The first-order chi connectivity index (χ1) is 12.9. The molecule has 1 atom stereocenters. The second-order valence-corrected chi connectivity index (χ2v) is 8.40. The van der Waals surface area contributed by atoms with Crippen LogP contribution in [0, 0.1) is 0 Å². The molecule has 3 aromatic rings.